The van der Waals surface area contributed by atoms with Crippen LogP contribution in [0.5, 0.6) is 0 Å². The second kappa shape index (κ2) is 9.02. The number of nitriles is 1. The van der Waals surface area contributed by atoms with Gasteiger partial charge in [-0.25, -0.2) is 4.79 Å². The molecule has 9 heteroatoms. The van der Waals surface area contributed by atoms with E-state index in [1.165, 1.54) is 24.3 Å². The number of hydrogen-bond acceptors (Lipinski definition) is 6. The molecule has 1 aromatic rings. The molecule has 0 bridgehead atoms. The summed E-state index contributed by atoms with van der Waals surface area (Å²) in [7, 11) is 0. The topological polar surface area (TPSA) is 145 Å². The highest BCUT2D eigenvalue weighted by atomic mass is 16.6. The zero-order chi connectivity index (χ0) is 19.0. The van der Waals surface area contributed by atoms with Crippen molar-refractivity contribution in [3.63, 3.8) is 0 Å². The molecule has 9 nitrogen and oxygen atoms in total. The summed E-state index contributed by atoms with van der Waals surface area (Å²) in [5.74, 6) is -1.99. The van der Waals surface area contributed by atoms with E-state index in [1.54, 1.807) is 6.07 Å². The van der Waals surface area contributed by atoms with Crippen molar-refractivity contribution in [1.29, 1.82) is 5.26 Å². The number of carbonyl (C=O) groups is 2. The summed E-state index contributed by atoms with van der Waals surface area (Å²) in [6.45, 7) is 3.63. The van der Waals surface area contributed by atoms with E-state index >= 15 is 0 Å². The minimum atomic E-state index is -1.19. The van der Waals surface area contributed by atoms with Crippen molar-refractivity contribution >= 4 is 23.3 Å². The largest absolute Gasteiger partial charge is 0.480 e. The van der Waals surface area contributed by atoms with Gasteiger partial charge in [-0.1, -0.05) is 19.9 Å². The van der Waals surface area contributed by atoms with Gasteiger partial charge in [-0.05, 0) is 18.4 Å². The number of nitro benzene ring substituents is 1. The van der Waals surface area contributed by atoms with Crippen LogP contribution in [0.25, 0.3) is 0 Å². The Balaban J connectivity index is 2.86. The number of rotatable bonds is 8. The Hall–Kier alpha value is -3.41. The third-order valence-corrected chi connectivity index (χ3v) is 3.12. The Bertz CT molecular complexity index is 736. The van der Waals surface area contributed by atoms with E-state index in [1.807, 2.05) is 13.8 Å². The lowest BCUT2D eigenvalue weighted by atomic mass is 10.0. The maximum absolute atomic E-state index is 12.1. The first-order valence-electron chi connectivity index (χ1n) is 7.39. The number of carboxylic acids is 1. The summed E-state index contributed by atoms with van der Waals surface area (Å²) < 4.78 is 0. The Kier molecular flexibility index (Phi) is 7.09. The summed E-state index contributed by atoms with van der Waals surface area (Å²) in [5, 5.41) is 33.8. The van der Waals surface area contributed by atoms with Crippen LogP contribution in [-0.4, -0.2) is 27.9 Å². The molecule has 1 amide bonds. The van der Waals surface area contributed by atoms with Crippen LogP contribution in [-0.2, 0) is 9.59 Å². The van der Waals surface area contributed by atoms with E-state index < -0.39 is 22.8 Å². The van der Waals surface area contributed by atoms with Gasteiger partial charge in [0.25, 0.3) is 11.6 Å². The first-order chi connectivity index (χ1) is 11.7. The fourth-order valence-electron chi connectivity index (χ4n) is 1.94. The summed E-state index contributed by atoms with van der Waals surface area (Å²) >= 11 is 0. The number of benzene rings is 1. The van der Waals surface area contributed by atoms with Crippen LogP contribution in [0, 0.1) is 27.4 Å². The number of anilines is 1. The standard InChI is InChI=1S/C16H18N4O5/c1-10(2)6-14(16(22)23)19-15(21)11(8-17)9-18-12-4-3-5-13(7-12)20(24)25/h3-5,7,9-10,14,18H,6H2,1-2H3,(H,19,21)(H,22,23)/b11-9-. The van der Waals surface area contributed by atoms with Crippen LogP contribution in [0.4, 0.5) is 11.4 Å². The second-order valence-electron chi connectivity index (χ2n) is 5.62. The lowest BCUT2D eigenvalue weighted by molar-refractivity contribution is -0.384. The van der Waals surface area contributed by atoms with Crippen molar-refractivity contribution in [2.75, 3.05) is 5.32 Å². The highest BCUT2D eigenvalue weighted by Crippen LogP contribution is 2.17. The smallest absolute Gasteiger partial charge is 0.326 e. The zero-order valence-electron chi connectivity index (χ0n) is 13.7. The normalized spacial score (nSPS) is 12.2. The highest BCUT2D eigenvalue weighted by molar-refractivity contribution is 5.99. The maximum atomic E-state index is 12.1. The van der Waals surface area contributed by atoms with Crippen molar-refractivity contribution < 1.29 is 19.6 Å². The molecule has 1 rings (SSSR count). The molecule has 132 valence electrons. The van der Waals surface area contributed by atoms with Gasteiger partial charge >= 0.3 is 5.97 Å². The number of amides is 1. The van der Waals surface area contributed by atoms with Crippen LogP contribution in [0.3, 0.4) is 0 Å². The SMILES string of the molecule is CC(C)CC(NC(=O)/C(C#N)=C\Nc1cccc([N+](=O)[O-])c1)C(=O)O. The van der Waals surface area contributed by atoms with Gasteiger partial charge in [-0.3, -0.25) is 14.9 Å². The molecule has 1 atom stereocenters. The quantitative estimate of drug-likeness (QED) is 0.282. The van der Waals surface area contributed by atoms with Crippen molar-refractivity contribution in [2.45, 2.75) is 26.3 Å². The molecule has 0 radical (unpaired) electrons. The summed E-state index contributed by atoms with van der Waals surface area (Å²) in [4.78, 5) is 33.4. The Morgan fingerprint density at radius 3 is 2.64 bits per heavy atom. The third-order valence-electron chi connectivity index (χ3n) is 3.12. The van der Waals surface area contributed by atoms with Crippen molar-refractivity contribution in [3.05, 3.63) is 46.2 Å². The molecule has 25 heavy (non-hydrogen) atoms. The van der Waals surface area contributed by atoms with Crippen LogP contribution in [0.2, 0.25) is 0 Å². The number of hydrogen-bond donors (Lipinski definition) is 3. The average molecular weight is 346 g/mol. The lowest BCUT2D eigenvalue weighted by Gasteiger charge is -2.16. The highest BCUT2D eigenvalue weighted by Gasteiger charge is 2.22. The molecule has 0 aliphatic rings. The summed E-state index contributed by atoms with van der Waals surface area (Å²) in [6, 6.07) is 6.07. The van der Waals surface area contributed by atoms with Gasteiger partial charge in [-0.15, -0.1) is 0 Å². The van der Waals surface area contributed by atoms with Gasteiger partial charge in [0, 0.05) is 24.0 Å². The summed E-state index contributed by atoms with van der Waals surface area (Å²) in [6.07, 6.45) is 1.29. The van der Waals surface area contributed by atoms with Gasteiger partial charge in [-0.2, -0.15) is 5.26 Å². The van der Waals surface area contributed by atoms with Crippen molar-refractivity contribution in [1.82, 2.24) is 5.32 Å². The second-order valence-corrected chi connectivity index (χ2v) is 5.62. The Labute approximate surface area is 144 Å². The van der Waals surface area contributed by atoms with E-state index in [2.05, 4.69) is 10.6 Å². The molecule has 0 aliphatic carbocycles. The van der Waals surface area contributed by atoms with Gasteiger partial charge < -0.3 is 15.7 Å². The minimum Gasteiger partial charge on any atom is -0.480 e. The predicted octanol–water partition coefficient (Wildman–Crippen LogP) is 2.03. The van der Waals surface area contributed by atoms with E-state index in [0.717, 1.165) is 6.20 Å². The Morgan fingerprint density at radius 1 is 1.44 bits per heavy atom. The van der Waals surface area contributed by atoms with Crippen LogP contribution in [0.1, 0.15) is 20.3 Å². The molecule has 3 N–H and O–H groups in total. The number of carboxylic acid groups (broad SMARTS) is 1. The van der Waals surface area contributed by atoms with E-state index in [0.29, 0.717) is 5.69 Å². The molecular weight excluding hydrogens is 328 g/mol. The zero-order valence-corrected chi connectivity index (χ0v) is 13.7. The number of carbonyl (C=O) groups excluding carboxylic acids is 1. The Morgan fingerprint density at radius 2 is 2.12 bits per heavy atom. The van der Waals surface area contributed by atoms with Crippen LogP contribution >= 0.6 is 0 Å². The molecule has 0 spiro atoms. The van der Waals surface area contributed by atoms with Crippen LogP contribution in [0.15, 0.2) is 36.0 Å². The number of non-ortho nitro benzene ring substituents is 1. The fraction of sp³-hybridized carbons (Fsp3) is 0.312. The molecular formula is C16H18N4O5. The number of aliphatic carboxylic acids is 1. The van der Waals surface area contributed by atoms with Crippen LogP contribution < -0.4 is 10.6 Å². The van der Waals surface area contributed by atoms with Gasteiger partial charge in [0.15, 0.2) is 0 Å². The lowest BCUT2D eigenvalue weighted by Crippen LogP contribution is -2.42. The monoisotopic (exact) mass is 346 g/mol. The molecule has 0 saturated carbocycles. The van der Waals surface area contributed by atoms with Crippen molar-refractivity contribution in [3.8, 4) is 6.07 Å². The molecule has 1 aromatic carbocycles. The molecule has 0 fully saturated rings. The van der Waals surface area contributed by atoms with E-state index in [-0.39, 0.29) is 23.6 Å². The fourth-order valence-corrected chi connectivity index (χ4v) is 1.94. The first kappa shape index (κ1) is 19.6. The molecule has 0 aromatic heterocycles. The third kappa shape index (κ3) is 6.31. The molecule has 0 saturated heterocycles. The van der Waals surface area contributed by atoms with Crippen molar-refractivity contribution in [2.24, 2.45) is 5.92 Å². The number of nitrogens with one attached hydrogen (secondary N) is 2. The van der Waals surface area contributed by atoms with E-state index in [9.17, 15) is 19.7 Å². The minimum absolute atomic E-state index is 0.0407. The molecule has 1 unspecified atom stereocenters. The maximum Gasteiger partial charge on any atom is 0.326 e. The molecule has 0 aliphatic heterocycles. The average Bonchev–Trinajstić information content (AvgIpc) is 2.54. The van der Waals surface area contributed by atoms with Gasteiger partial charge in [0.1, 0.15) is 17.7 Å². The summed E-state index contributed by atoms with van der Waals surface area (Å²) in [5.41, 5.74) is -0.183. The van der Waals surface area contributed by atoms with E-state index in [4.69, 9.17) is 10.4 Å². The predicted molar refractivity (Wildman–Crippen MR) is 89.4 cm³/mol. The van der Waals surface area contributed by atoms with Gasteiger partial charge in [0.2, 0.25) is 0 Å². The molecule has 0 heterocycles. The van der Waals surface area contributed by atoms with Gasteiger partial charge in [0.05, 0.1) is 4.92 Å². The first-order valence-corrected chi connectivity index (χ1v) is 7.39. The number of nitrogens with zero attached hydrogens (tertiary/aromatic N) is 2. The number of nitro groups is 1.